The highest BCUT2D eigenvalue weighted by Crippen LogP contribution is 2.19. The summed E-state index contributed by atoms with van der Waals surface area (Å²) in [6.07, 6.45) is 1.72. The second-order valence-corrected chi connectivity index (χ2v) is 4.34. The van der Waals surface area contributed by atoms with Crippen molar-refractivity contribution < 1.29 is 4.79 Å². The summed E-state index contributed by atoms with van der Waals surface area (Å²) in [5.41, 5.74) is 1.99. The molecule has 4 heteroatoms. The van der Waals surface area contributed by atoms with Crippen molar-refractivity contribution in [2.24, 2.45) is 0 Å². The molecule has 0 aliphatic heterocycles. The van der Waals surface area contributed by atoms with Crippen LogP contribution in [0.25, 0.3) is 11.0 Å². The van der Waals surface area contributed by atoms with Crippen LogP contribution < -0.4 is 0 Å². The van der Waals surface area contributed by atoms with Crippen molar-refractivity contribution in [3.63, 3.8) is 0 Å². The Morgan fingerprint density at radius 1 is 1.57 bits per heavy atom. The predicted molar refractivity (Wildman–Crippen MR) is 63.1 cm³/mol. The van der Waals surface area contributed by atoms with Crippen molar-refractivity contribution in [1.82, 2.24) is 9.55 Å². The summed E-state index contributed by atoms with van der Waals surface area (Å²) in [5.74, 6) is 0.143. The largest absolute Gasteiger partial charge is 0.322 e. The van der Waals surface area contributed by atoms with E-state index in [0.717, 1.165) is 14.6 Å². The summed E-state index contributed by atoms with van der Waals surface area (Å²) in [6.45, 7) is 1.98. The fourth-order valence-electron chi connectivity index (χ4n) is 1.44. The van der Waals surface area contributed by atoms with Crippen molar-refractivity contribution in [2.75, 3.05) is 0 Å². The topological polar surface area (TPSA) is 34.9 Å². The molecule has 0 saturated carbocycles. The van der Waals surface area contributed by atoms with Crippen LogP contribution in [0.1, 0.15) is 6.92 Å². The summed E-state index contributed by atoms with van der Waals surface area (Å²) >= 11 is 2.26. The van der Waals surface area contributed by atoms with Gasteiger partial charge < -0.3 is 4.57 Å². The SMILES string of the molecule is CC(=O)Cn1cnc2cccc(I)c21. The number of Topliss-reactive ketones (excluding diaryl/α,β-unsaturated/α-hetero) is 1. The molecule has 1 aromatic carbocycles. The maximum Gasteiger partial charge on any atom is 0.149 e. The summed E-state index contributed by atoms with van der Waals surface area (Å²) in [6, 6.07) is 5.94. The van der Waals surface area contributed by atoms with Gasteiger partial charge in [-0.2, -0.15) is 0 Å². The molecule has 0 radical (unpaired) electrons. The first kappa shape index (κ1) is 9.64. The van der Waals surface area contributed by atoms with E-state index in [0.29, 0.717) is 6.54 Å². The van der Waals surface area contributed by atoms with Gasteiger partial charge in [0, 0.05) is 3.57 Å². The van der Waals surface area contributed by atoms with E-state index < -0.39 is 0 Å². The van der Waals surface area contributed by atoms with E-state index in [-0.39, 0.29) is 5.78 Å². The highest BCUT2D eigenvalue weighted by molar-refractivity contribution is 14.1. The van der Waals surface area contributed by atoms with Gasteiger partial charge in [0.1, 0.15) is 5.78 Å². The normalized spacial score (nSPS) is 10.7. The minimum absolute atomic E-state index is 0.143. The van der Waals surface area contributed by atoms with Crippen LogP contribution >= 0.6 is 22.6 Å². The Morgan fingerprint density at radius 2 is 2.36 bits per heavy atom. The zero-order valence-electron chi connectivity index (χ0n) is 7.70. The van der Waals surface area contributed by atoms with Crippen molar-refractivity contribution in [1.29, 1.82) is 0 Å². The van der Waals surface area contributed by atoms with Crippen molar-refractivity contribution in [2.45, 2.75) is 13.5 Å². The minimum Gasteiger partial charge on any atom is -0.322 e. The minimum atomic E-state index is 0.143. The maximum absolute atomic E-state index is 11.0. The third-order valence-corrected chi connectivity index (χ3v) is 2.85. The molecule has 14 heavy (non-hydrogen) atoms. The standard InChI is InChI=1S/C10H9IN2O/c1-7(14)5-13-6-12-9-4-2-3-8(11)10(9)13/h2-4,6H,5H2,1H3. The van der Waals surface area contributed by atoms with Gasteiger partial charge in [-0.05, 0) is 41.6 Å². The molecule has 0 amide bonds. The van der Waals surface area contributed by atoms with Crippen LogP contribution in [0, 0.1) is 3.57 Å². The van der Waals surface area contributed by atoms with Gasteiger partial charge in [0.05, 0.1) is 23.9 Å². The van der Waals surface area contributed by atoms with E-state index >= 15 is 0 Å². The number of carbonyl (C=O) groups excluding carboxylic acids is 1. The Balaban J connectivity index is 2.61. The molecule has 0 N–H and O–H groups in total. The van der Waals surface area contributed by atoms with E-state index in [1.54, 1.807) is 13.3 Å². The summed E-state index contributed by atoms with van der Waals surface area (Å²) in [7, 11) is 0. The van der Waals surface area contributed by atoms with Gasteiger partial charge in [-0.25, -0.2) is 4.98 Å². The molecule has 72 valence electrons. The van der Waals surface area contributed by atoms with Crippen LogP contribution in [0.3, 0.4) is 0 Å². The Morgan fingerprint density at radius 3 is 3.07 bits per heavy atom. The highest BCUT2D eigenvalue weighted by atomic mass is 127. The molecule has 0 aliphatic rings. The zero-order chi connectivity index (χ0) is 10.1. The second-order valence-electron chi connectivity index (χ2n) is 3.18. The molecular formula is C10H9IN2O. The second kappa shape index (κ2) is 3.68. The molecule has 0 aliphatic carbocycles. The molecule has 2 aromatic rings. The number of para-hydroxylation sites is 1. The number of rotatable bonds is 2. The monoisotopic (exact) mass is 300 g/mol. The van der Waals surface area contributed by atoms with E-state index in [4.69, 9.17) is 0 Å². The quantitative estimate of drug-likeness (QED) is 0.797. The van der Waals surface area contributed by atoms with E-state index in [2.05, 4.69) is 27.6 Å². The van der Waals surface area contributed by atoms with E-state index in [1.807, 2.05) is 22.8 Å². The van der Waals surface area contributed by atoms with E-state index in [1.165, 1.54) is 0 Å². The van der Waals surface area contributed by atoms with Gasteiger partial charge in [0.15, 0.2) is 0 Å². The van der Waals surface area contributed by atoms with Crippen LogP contribution in [0.15, 0.2) is 24.5 Å². The zero-order valence-corrected chi connectivity index (χ0v) is 9.85. The smallest absolute Gasteiger partial charge is 0.149 e. The summed E-state index contributed by atoms with van der Waals surface area (Å²) < 4.78 is 3.01. The molecule has 0 unspecified atom stereocenters. The van der Waals surface area contributed by atoms with Crippen LogP contribution in [0.2, 0.25) is 0 Å². The predicted octanol–water partition coefficient (Wildman–Crippen LogP) is 2.23. The third-order valence-electron chi connectivity index (χ3n) is 1.98. The van der Waals surface area contributed by atoms with Gasteiger partial charge in [-0.1, -0.05) is 6.07 Å². The fourth-order valence-corrected chi connectivity index (χ4v) is 2.24. The Hall–Kier alpha value is -0.910. The average Bonchev–Trinajstić information content (AvgIpc) is 2.49. The number of hydrogen-bond acceptors (Lipinski definition) is 2. The molecule has 0 saturated heterocycles. The van der Waals surface area contributed by atoms with Gasteiger partial charge in [0.25, 0.3) is 0 Å². The first-order valence-electron chi connectivity index (χ1n) is 4.27. The number of ketones is 1. The van der Waals surface area contributed by atoms with E-state index in [9.17, 15) is 4.79 Å². The molecule has 1 heterocycles. The number of hydrogen-bond donors (Lipinski definition) is 0. The summed E-state index contributed by atoms with van der Waals surface area (Å²) in [4.78, 5) is 15.3. The number of nitrogens with zero attached hydrogens (tertiary/aromatic N) is 2. The Kier molecular flexibility index (Phi) is 2.54. The van der Waals surface area contributed by atoms with Crippen LogP contribution in [0.5, 0.6) is 0 Å². The van der Waals surface area contributed by atoms with Crippen molar-refractivity contribution in [3.05, 3.63) is 28.1 Å². The third kappa shape index (κ3) is 1.66. The number of imidazole rings is 1. The number of fused-ring (bicyclic) bond motifs is 1. The molecule has 2 rings (SSSR count). The number of aromatic nitrogens is 2. The fraction of sp³-hybridized carbons (Fsp3) is 0.200. The number of halogens is 1. The molecule has 0 spiro atoms. The lowest BCUT2D eigenvalue weighted by Gasteiger charge is -2.01. The molecular weight excluding hydrogens is 291 g/mol. The molecule has 3 nitrogen and oxygen atoms in total. The van der Waals surface area contributed by atoms with Crippen molar-refractivity contribution >= 4 is 39.4 Å². The van der Waals surface area contributed by atoms with Crippen molar-refractivity contribution in [3.8, 4) is 0 Å². The Labute approximate surface area is 95.3 Å². The molecule has 0 bridgehead atoms. The number of carbonyl (C=O) groups is 1. The molecule has 0 fully saturated rings. The van der Waals surface area contributed by atoms with Gasteiger partial charge in [0.2, 0.25) is 0 Å². The van der Waals surface area contributed by atoms with Gasteiger partial charge in [-0.3, -0.25) is 4.79 Å². The Bertz CT molecular complexity index is 490. The van der Waals surface area contributed by atoms with Crippen LogP contribution in [0.4, 0.5) is 0 Å². The average molecular weight is 300 g/mol. The van der Waals surface area contributed by atoms with Gasteiger partial charge in [-0.15, -0.1) is 0 Å². The molecule has 1 aromatic heterocycles. The highest BCUT2D eigenvalue weighted by Gasteiger charge is 2.06. The van der Waals surface area contributed by atoms with Crippen LogP contribution in [-0.4, -0.2) is 15.3 Å². The molecule has 0 atom stereocenters. The maximum atomic E-state index is 11.0. The first-order valence-corrected chi connectivity index (χ1v) is 5.35. The lowest BCUT2D eigenvalue weighted by Crippen LogP contribution is -2.05. The number of benzene rings is 1. The lowest BCUT2D eigenvalue weighted by atomic mass is 10.3. The van der Waals surface area contributed by atoms with Crippen LogP contribution in [-0.2, 0) is 11.3 Å². The lowest BCUT2D eigenvalue weighted by molar-refractivity contribution is -0.117. The summed E-state index contributed by atoms with van der Waals surface area (Å²) in [5, 5.41) is 0. The first-order chi connectivity index (χ1) is 6.68. The van der Waals surface area contributed by atoms with Gasteiger partial charge >= 0.3 is 0 Å².